The molecule has 0 N–H and O–H groups in total. The highest BCUT2D eigenvalue weighted by Crippen LogP contribution is 2.37. The van der Waals surface area contributed by atoms with Gasteiger partial charge in [-0.05, 0) is 36.8 Å². The molecule has 0 spiro atoms. The summed E-state index contributed by atoms with van der Waals surface area (Å²) in [5.74, 6) is -1.36. The van der Waals surface area contributed by atoms with E-state index in [0.717, 1.165) is 23.1 Å². The van der Waals surface area contributed by atoms with Crippen LogP contribution in [0.2, 0.25) is 0 Å². The van der Waals surface area contributed by atoms with Crippen molar-refractivity contribution in [1.82, 2.24) is 4.90 Å². The number of halogens is 1. The third kappa shape index (κ3) is 4.41. The van der Waals surface area contributed by atoms with Crippen molar-refractivity contribution in [3.63, 3.8) is 0 Å². The topological polar surface area (TPSA) is 121 Å². The number of carbonyl (C=O) groups excluding carboxylic acids is 2. The molecule has 10 nitrogen and oxygen atoms in total. The Bertz CT molecular complexity index is 1130. The Hall–Kier alpha value is -4.28. The summed E-state index contributed by atoms with van der Waals surface area (Å²) >= 11 is 0. The third-order valence-corrected chi connectivity index (χ3v) is 4.59. The van der Waals surface area contributed by atoms with Crippen molar-refractivity contribution in [2.45, 2.75) is 13.0 Å². The van der Waals surface area contributed by atoms with Crippen LogP contribution in [0.3, 0.4) is 0 Å². The number of amidine groups is 1. The van der Waals surface area contributed by atoms with Gasteiger partial charge in [0.1, 0.15) is 17.6 Å². The highest BCUT2D eigenvalue weighted by molar-refractivity contribution is 5.99. The van der Waals surface area contributed by atoms with Crippen molar-refractivity contribution in [3.05, 3.63) is 81.3 Å². The molecule has 2 aromatic carbocycles. The summed E-state index contributed by atoms with van der Waals surface area (Å²) in [5, 5.41) is 10.8. The molecule has 0 aliphatic carbocycles. The van der Waals surface area contributed by atoms with E-state index >= 15 is 0 Å². The van der Waals surface area contributed by atoms with Crippen LogP contribution in [0.4, 0.5) is 14.9 Å². The van der Waals surface area contributed by atoms with Gasteiger partial charge < -0.3 is 14.2 Å². The number of non-ortho nitro benzene ring substituents is 1. The first kappa shape index (κ1) is 22.4. The molecule has 0 saturated heterocycles. The van der Waals surface area contributed by atoms with Crippen LogP contribution in [0.5, 0.6) is 5.75 Å². The van der Waals surface area contributed by atoms with Gasteiger partial charge in [0.15, 0.2) is 0 Å². The number of carbonyl (C=O) groups is 2. The highest BCUT2D eigenvalue weighted by atomic mass is 19.1. The number of methoxy groups -OCH3 is 2. The average molecular weight is 443 g/mol. The van der Waals surface area contributed by atoms with E-state index in [-0.39, 0.29) is 34.3 Å². The maximum absolute atomic E-state index is 14.0. The molecule has 0 bridgehead atoms. The van der Waals surface area contributed by atoms with Gasteiger partial charge in [-0.25, -0.2) is 23.9 Å². The third-order valence-electron chi connectivity index (χ3n) is 4.59. The fraction of sp³-hybridized carbons (Fsp3) is 0.190. The first-order chi connectivity index (χ1) is 15.3. The zero-order valence-corrected chi connectivity index (χ0v) is 17.3. The fourth-order valence-electron chi connectivity index (χ4n) is 3.17. The molecule has 1 aliphatic heterocycles. The van der Waals surface area contributed by atoms with E-state index in [2.05, 4.69) is 4.99 Å². The lowest BCUT2D eigenvalue weighted by Crippen LogP contribution is -2.46. The predicted octanol–water partition coefficient (Wildman–Crippen LogP) is 3.74. The molecule has 11 heteroatoms. The van der Waals surface area contributed by atoms with Gasteiger partial charge >= 0.3 is 18.1 Å². The zero-order valence-electron chi connectivity index (χ0n) is 17.3. The minimum atomic E-state index is -1.17. The molecule has 1 heterocycles. The van der Waals surface area contributed by atoms with Crippen LogP contribution < -0.4 is 4.74 Å². The number of allylic oxidation sites excluding steroid dienone is 1. The maximum Gasteiger partial charge on any atom is 0.424 e. The number of amides is 1. The van der Waals surface area contributed by atoms with Crippen molar-refractivity contribution >= 4 is 23.8 Å². The number of nitro benzene ring substituents is 1. The van der Waals surface area contributed by atoms with E-state index in [1.807, 2.05) is 0 Å². The molecule has 32 heavy (non-hydrogen) atoms. The van der Waals surface area contributed by atoms with Gasteiger partial charge in [-0.1, -0.05) is 12.1 Å². The molecular formula is C21H18FN3O7. The minimum absolute atomic E-state index is 0.0000571. The van der Waals surface area contributed by atoms with Crippen LogP contribution in [0.25, 0.3) is 0 Å². The molecule has 0 fully saturated rings. The Morgan fingerprint density at radius 3 is 2.41 bits per heavy atom. The zero-order chi connectivity index (χ0) is 23.4. The van der Waals surface area contributed by atoms with E-state index in [1.54, 1.807) is 0 Å². The van der Waals surface area contributed by atoms with Crippen LogP contribution in [0, 0.1) is 15.9 Å². The van der Waals surface area contributed by atoms with Crippen LogP contribution in [-0.2, 0) is 14.3 Å². The van der Waals surface area contributed by atoms with Gasteiger partial charge in [0.05, 0.1) is 30.4 Å². The highest BCUT2D eigenvalue weighted by Gasteiger charge is 2.42. The van der Waals surface area contributed by atoms with Crippen molar-refractivity contribution in [3.8, 4) is 5.75 Å². The number of nitrogens with zero attached hydrogens (tertiary/aromatic N) is 3. The summed E-state index contributed by atoms with van der Waals surface area (Å²) < 4.78 is 29.4. The molecule has 1 aliphatic rings. The molecule has 1 amide bonds. The van der Waals surface area contributed by atoms with Crippen LogP contribution in [0.15, 0.2) is 64.8 Å². The Kier molecular flexibility index (Phi) is 6.47. The first-order valence-electron chi connectivity index (χ1n) is 9.19. The number of esters is 1. The molecule has 1 unspecified atom stereocenters. The Morgan fingerprint density at radius 1 is 1.16 bits per heavy atom. The smallest absolute Gasteiger partial charge is 0.424 e. The molecule has 1 atom stereocenters. The van der Waals surface area contributed by atoms with Gasteiger partial charge in [0, 0.05) is 12.1 Å². The maximum atomic E-state index is 14.0. The number of hydrogen-bond donors (Lipinski definition) is 0. The molecule has 2 aromatic rings. The summed E-state index contributed by atoms with van der Waals surface area (Å²) in [6, 6.07) is 8.76. The Labute approximate surface area is 181 Å². The van der Waals surface area contributed by atoms with Gasteiger partial charge in [-0.2, -0.15) is 0 Å². The minimum Gasteiger partial charge on any atom is -0.468 e. The van der Waals surface area contributed by atoms with Crippen molar-refractivity contribution in [1.29, 1.82) is 0 Å². The number of rotatable bonds is 4. The summed E-state index contributed by atoms with van der Waals surface area (Å²) in [6.45, 7) is 1.52. The molecule has 0 aromatic heterocycles. The van der Waals surface area contributed by atoms with E-state index in [0.29, 0.717) is 0 Å². The van der Waals surface area contributed by atoms with Crippen LogP contribution in [-0.4, -0.2) is 42.1 Å². The second-order valence-corrected chi connectivity index (χ2v) is 6.54. The van der Waals surface area contributed by atoms with Gasteiger partial charge in [-0.3, -0.25) is 10.1 Å². The number of hydrogen-bond acceptors (Lipinski definition) is 8. The van der Waals surface area contributed by atoms with E-state index in [4.69, 9.17) is 14.2 Å². The normalized spacial score (nSPS) is 15.7. The fourth-order valence-corrected chi connectivity index (χ4v) is 3.17. The SMILES string of the molecule is COC(=O)C1=C(C)N=C(OC)N(C(=O)Oc2ccc([N+](=O)[O-])cc2)C1c1cccc(F)c1. The number of ether oxygens (including phenoxy) is 3. The standard InChI is InChI=1S/C21H18FN3O7/c1-12-17(19(26)30-2)18(13-5-4-6-14(22)11-13)24(20(23-12)31-3)21(27)32-16-9-7-15(8-10-16)25(28)29/h4-11,18H,1-3H3. The van der Waals surface area contributed by atoms with E-state index in [1.165, 1.54) is 51.5 Å². The van der Waals surface area contributed by atoms with Crippen LogP contribution in [0.1, 0.15) is 18.5 Å². The van der Waals surface area contributed by atoms with Gasteiger partial charge in [0.25, 0.3) is 5.69 Å². The molecule has 0 saturated carbocycles. The lowest BCUT2D eigenvalue weighted by atomic mass is 9.94. The van der Waals surface area contributed by atoms with Crippen molar-refractivity contribution in [2.24, 2.45) is 4.99 Å². The second-order valence-electron chi connectivity index (χ2n) is 6.54. The van der Waals surface area contributed by atoms with E-state index in [9.17, 15) is 24.1 Å². The van der Waals surface area contributed by atoms with Gasteiger partial charge in [-0.15, -0.1) is 0 Å². The van der Waals surface area contributed by atoms with Crippen LogP contribution >= 0.6 is 0 Å². The lowest BCUT2D eigenvalue weighted by molar-refractivity contribution is -0.384. The number of nitro groups is 1. The second kappa shape index (κ2) is 9.25. The molecule has 0 radical (unpaired) electrons. The average Bonchev–Trinajstić information content (AvgIpc) is 2.77. The molecule has 166 valence electrons. The first-order valence-corrected chi connectivity index (χ1v) is 9.19. The lowest BCUT2D eigenvalue weighted by Gasteiger charge is -2.34. The summed E-state index contributed by atoms with van der Waals surface area (Å²) in [7, 11) is 2.43. The van der Waals surface area contributed by atoms with E-state index < -0.39 is 28.8 Å². The Balaban J connectivity index is 2.07. The van der Waals surface area contributed by atoms with Crippen molar-refractivity contribution in [2.75, 3.05) is 14.2 Å². The predicted molar refractivity (Wildman–Crippen MR) is 109 cm³/mol. The molecular weight excluding hydrogens is 425 g/mol. The molecule has 3 rings (SSSR count). The monoisotopic (exact) mass is 443 g/mol. The summed E-state index contributed by atoms with van der Waals surface area (Å²) in [4.78, 5) is 41.0. The summed E-state index contributed by atoms with van der Waals surface area (Å²) in [5.41, 5.74) is 0.253. The summed E-state index contributed by atoms with van der Waals surface area (Å²) in [6.07, 6.45) is -1.01. The number of benzene rings is 2. The number of aliphatic imine (C=N–C) groups is 1. The quantitative estimate of drug-likeness (QED) is 0.401. The Morgan fingerprint density at radius 2 is 1.84 bits per heavy atom. The largest absolute Gasteiger partial charge is 0.468 e. The van der Waals surface area contributed by atoms with Crippen molar-refractivity contribution < 1.29 is 33.1 Å². The van der Waals surface area contributed by atoms with Gasteiger partial charge in [0.2, 0.25) is 0 Å².